The van der Waals surface area contributed by atoms with Crippen molar-refractivity contribution < 1.29 is 89.4 Å². The zero-order valence-electron chi connectivity index (χ0n) is 56.8. The second-order valence-corrected chi connectivity index (χ2v) is 26.0. The summed E-state index contributed by atoms with van der Waals surface area (Å²) >= 11 is 0. The molecule has 3 aliphatic rings. The molecule has 0 aromatic heterocycles. The Hall–Kier alpha value is -2.51. The summed E-state index contributed by atoms with van der Waals surface area (Å²) in [4.78, 5) is 13.4. The van der Waals surface area contributed by atoms with E-state index in [0.717, 1.165) is 51.4 Å². The molecule has 0 bridgehead atoms. The van der Waals surface area contributed by atoms with Crippen molar-refractivity contribution in [2.45, 2.75) is 369 Å². The largest absolute Gasteiger partial charge is 0.394 e. The standard InChI is InChI=1S/C73H131NO18/c1-3-5-7-9-11-13-15-17-19-21-23-24-25-26-27-28-29-30-31-32-33-35-37-39-41-43-45-47-49-51-61(79)74-56(57(78)50-48-46-44-42-40-38-36-34-22-20-18-16-14-12-10-8-6-4-2)55-87-71-67(85)64(82)69(59(53-76)89-71)92-73-68(86)65(83)70(60(54-77)90-73)91-72-66(84)63(81)62(80)58(52-75)88-72/h15,17,21-23,34,40,42,48,50,56-60,62-73,75-78,80-86H,3-14,16,18-20,24-33,35-39,41,43-47,49,51-55H2,1-2H3,(H,74,79)/b17-15-,23-21-,34-22+,42-40+,50-48+. The molecule has 0 spiro atoms. The number of amides is 1. The molecule has 3 rings (SSSR count). The van der Waals surface area contributed by atoms with Crippen molar-refractivity contribution in [1.82, 2.24) is 5.32 Å². The lowest BCUT2D eigenvalue weighted by Gasteiger charge is -2.48. The number of rotatable bonds is 56. The first-order chi connectivity index (χ1) is 44.8. The summed E-state index contributed by atoms with van der Waals surface area (Å²) in [5.41, 5.74) is 0. The molecule has 536 valence electrons. The van der Waals surface area contributed by atoms with Gasteiger partial charge in [0.15, 0.2) is 18.9 Å². The molecule has 0 aromatic carbocycles. The second-order valence-electron chi connectivity index (χ2n) is 26.0. The molecule has 0 aromatic rings. The van der Waals surface area contributed by atoms with Crippen molar-refractivity contribution in [1.29, 1.82) is 0 Å². The van der Waals surface area contributed by atoms with Crippen molar-refractivity contribution in [3.63, 3.8) is 0 Å². The van der Waals surface area contributed by atoms with Crippen molar-refractivity contribution in [3.8, 4) is 0 Å². The molecule has 19 heteroatoms. The van der Waals surface area contributed by atoms with Crippen LogP contribution in [0, 0.1) is 0 Å². The quantitative estimate of drug-likeness (QED) is 0.0199. The summed E-state index contributed by atoms with van der Waals surface area (Å²) in [5.74, 6) is -0.288. The normalized spacial score (nSPS) is 28.0. The number of allylic oxidation sites excluding steroid dienone is 9. The minimum absolute atomic E-state index is 0.232. The third-order valence-electron chi connectivity index (χ3n) is 18.0. The van der Waals surface area contributed by atoms with Gasteiger partial charge in [-0.2, -0.15) is 0 Å². The van der Waals surface area contributed by atoms with E-state index < -0.39 is 124 Å². The maximum Gasteiger partial charge on any atom is 0.220 e. The van der Waals surface area contributed by atoms with Gasteiger partial charge in [0, 0.05) is 6.42 Å². The predicted molar refractivity (Wildman–Crippen MR) is 360 cm³/mol. The average Bonchev–Trinajstić information content (AvgIpc) is 0.834. The van der Waals surface area contributed by atoms with Gasteiger partial charge in [-0.3, -0.25) is 4.79 Å². The molecule has 17 atom stereocenters. The Kier molecular flexibility index (Phi) is 49.6. The van der Waals surface area contributed by atoms with E-state index in [4.69, 9.17) is 28.4 Å². The number of carbonyl (C=O) groups excluding carboxylic acids is 1. The summed E-state index contributed by atoms with van der Waals surface area (Å²) in [6, 6.07) is -0.998. The SMILES string of the molecule is CCCCCCC/C=C\C/C=C\CCCCCCCCCCCCCCCCCCCC(=O)NC(COC1OC(CO)C(OC2OC(CO)C(OC3OC(CO)C(O)C(O)C3O)C(O)C2O)C(O)C1O)C(O)/C=C/CC/C=C/CC/C=C/CCCCCCCCCC. The van der Waals surface area contributed by atoms with Crippen LogP contribution < -0.4 is 5.32 Å². The van der Waals surface area contributed by atoms with E-state index in [1.54, 1.807) is 6.08 Å². The van der Waals surface area contributed by atoms with Crippen LogP contribution in [-0.4, -0.2) is 193 Å². The van der Waals surface area contributed by atoms with Crippen LogP contribution in [0.1, 0.15) is 264 Å². The van der Waals surface area contributed by atoms with Crippen LogP contribution in [0.15, 0.2) is 60.8 Å². The first kappa shape index (κ1) is 83.7. The highest BCUT2D eigenvalue weighted by atomic mass is 16.8. The maximum absolute atomic E-state index is 13.4. The number of hydrogen-bond donors (Lipinski definition) is 12. The van der Waals surface area contributed by atoms with Crippen LogP contribution in [-0.2, 0) is 33.2 Å². The van der Waals surface area contributed by atoms with Crippen LogP contribution in [0.3, 0.4) is 0 Å². The zero-order valence-corrected chi connectivity index (χ0v) is 56.8. The van der Waals surface area contributed by atoms with Gasteiger partial charge in [-0.05, 0) is 77.0 Å². The Morgan fingerprint density at radius 1 is 0.391 bits per heavy atom. The second kappa shape index (κ2) is 54.5. The van der Waals surface area contributed by atoms with E-state index in [2.05, 4.69) is 67.8 Å². The number of hydrogen-bond acceptors (Lipinski definition) is 18. The number of carbonyl (C=O) groups is 1. The molecule has 17 unspecified atom stereocenters. The molecule has 12 N–H and O–H groups in total. The topological polar surface area (TPSA) is 307 Å². The highest BCUT2D eigenvalue weighted by molar-refractivity contribution is 5.76. The van der Waals surface area contributed by atoms with Gasteiger partial charge in [0.25, 0.3) is 0 Å². The van der Waals surface area contributed by atoms with Crippen molar-refractivity contribution in [2.75, 3.05) is 26.4 Å². The lowest BCUT2D eigenvalue weighted by molar-refractivity contribution is -0.379. The van der Waals surface area contributed by atoms with Gasteiger partial charge >= 0.3 is 0 Å². The van der Waals surface area contributed by atoms with Crippen molar-refractivity contribution >= 4 is 5.91 Å². The fourth-order valence-corrected chi connectivity index (χ4v) is 12.1. The highest BCUT2D eigenvalue weighted by Crippen LogP contribution is 2.33. The first-order valence-electron chi connectivity index (χ1n) is 36.5. The van der Waals surface area contributed by atoms with E-state index in [1.807, 2.05) is 6.08 Å². The maximum atomic E-state index is 13.4. The number of nitrogens with one attached hydrogen (secondary N) is 1. The number of aliphatic hydroxyl groups excluding tert-OH is 11. The van der Waals surface area contributed by atoms with Crippen molar-refractivity contribution in [2.24, 2.45) is 0 Å². The molecule has 3 fully saturated rings. The van der Waals surface area contributed by atoms with E-state index in [0.29, 0.717) is 12.8 Å². The van der Waals surface area contributed by atoms with E-state index in [9.17, 15) is 61.0 Å². The van der Waals surface area contributed by atoms with Crippen LogP contribution in [0.4, 0.5) is 0 Å². The van der Waals surface area contributed by atoms with E-state index >= 15 is 0 Å². The van der Waals surface area contributed by atoms with Crippen LogP contribution in [0.5, 0.6) is 0 Å². The molecule has 0 radical (unpaired) electrons. The Labute approximate surface area is 554 Å². The fraction of sp³-hybridized carbons (Fsp3) is 0.849. The van der Waals surface area contributed by atoms with Gasteiger partial charge in [0.1, 0.15) is 73.2 Å². The number of ether oxygens (including phenoxy) is 6. The molecule has 19 nitrogen and oxygen atoms in total. The predicted octanol–water partition coefficient (Wildman–Crippen LogP) is 10.3. The Morgan fingerprint density at radius 3 is 1.15 bits per heavy atom. The fourth-order valence-electron chi connectivity index (χ4n) is 12.1. The third-order valence-corrected chi connectivity index (χ3v) is 18.0. The molecule has 3 aliphatic heterocycles. The summed E-state index contributed by atoms with van der Waals surface area (Å²) in [6.45, 7) is 1.71. The molecule has 0 aliphatic carbocycles. The number of unbranched alkanes of at least 4 members (excludes halogenated alkanes) is 32. The van der Waals surface area contributed by atoms with Gasteiger partial charge < -0.3 is 89.9 Å². The molecule has 3 heterocycles. The first-order valence-corrected chi connectivity index (χ1v) is 36.5. The average molecular weight is 1310 g/mol. The molecular formula is C73H131NO18. The van der Waals surface area contributed by atoms with Crippen LogP contribution in [0.2, 0.25) is 0 Å². The summed E-state index contributed by atoms with van der Waals surface area (Å²) in [5, 5.41) is 121. The molecule has 1 amide bonds. The monoisotopic (exact) mass is 1310 g/mol. The summed E-state index contributed by atoms with van der Waals surface area (Å²) in [7, 11) is 0. The lowest BCUT2D eigenvalue weighted by atomic mass is 9.96. The van der Waals surface area contributed by atoms with Gasteiger partial charge in [-0.15, -0.1) is 0 Å². The minimum Gasteiger partial charge on any atom is -0.394 e. The zero-order chi connectivity index (χ0) is 66.8. The number of aliphatic hydroxyl groups is 11. The van der Waals surface area contributed by atoms with E-state index in [-0.39, 0.29) is 18.9 Å². The highest BCUT2D eigenvalue weighted by Gasteiger charge is 2.53. The van der Waals surface area contributed by atoms with E-state index in [1.165, 1.54) is 180 Å². The molecule has 92 heavy (non-hydrogen) atoms. The Bertz CT molecular complexity index is 1900. The van der Waals surface area contributed by atoms with Gasteiger partial charge in [0.2, 0.25) is 5.91 Å². The minimum atomic E-state index is -1.98. The van der Waals surface area contributed by atoms with Crippen LogP contribution in [0.25, 0.3) is 0 Å². The Morgan fingerprint density at radius 2 is 0.728 bits per heavy atom. The molecule has 3 saturated heterocycles. The third kappa shape index (κ3) is 35.7. The summed E-state index contributed by atoms with van der Waals surface area (Å²) < 4.78 is 34.3. The van der Waals surface area contributed by atoms with Gasteiger partial charge in [-0.1, -0.05) is 242 Å². The van der Waals surface area contributed by atoms with Gasteiger partial charge in [-0.25, -0.2) is 0 Å². The van der Waals surface area contributed by atoms with Crippen molar-refractivity contribution in [3.05, 3.63) is 60.8 Å². The molecule has 0 saturated carbocycles. The summed E-state index contributed by atoms with van der Waals surface area (Å²) in [6.07, 6.45) is 40.6. The smallest absolute Gasteiger partial charge is 0.220 e. The van der Waals surface area contributed by atoms with Crippen LogP contribution >= 0.6 is 0 Å². The van der Waals surface area contributed by atoms with Gasteiger partial charge in [0.05, 0.1) is 38.6 Å². The lowest BCUT2D eigenvalue weighted by Crippen LogP contribution is -2.66. The molecular weight excluding hydrogens is 1180 g/mol. The Balaban J connectivity index is 1.41.